The van der Waals surface area contributed by atoms with E-state index >= 15 is 0 Å². The monoisotopic (exact) mass is 158 g/mol. The molecule has 0 heterocycles. The first-order valence-electron chi connectivity index (χ1n) is 4.15. The Balaban J connectivity index is 3.12. The molecule has 0 radical (unpaired) electrons. The summed E-state index contributed by atoms with van der Waals surface area (Å²) >= 11 is 0. The Labute approximate surface area is 68.9 Å². The number of hydrogen-bond acceptors (Lipinski definition) is 2. The second kappa shape index (κ2) is 7.76. The Morgan fingerprint density at radius 2 is 2.27 bits per heavy atom. The molecule has 0 amide bonds. The van der Waals surface area contributed by atoms with E-state index in [9.17, 15) is 0 Å². The maximum Gasteiger partial charge on any atom is 0.0639 e. The molecule has 0 bridgehead atoms. The van der Waals surface area contributed by atoms with E-state index in [4.69, 9.17) is 9.84 Å². The van der Waals surface area contributed by atoms with Crippen LogP contribution < -0.4 is 0 Å². The fourth-order valence-corrected chi connectivity index (χ4v) is 0.743. The third-order valence-corrected chi connectivity index (χ3v) is 1.44. The Morgan fingerprint density at radius 1 is 1.55 bits per heavy atom. The van der Waals surface area contributed by atoms with E-state index < -0.39 is 0 Å². The lowest BCUT2D eigenvalue weighted by molar-refractivity contribution is 0.145. The van der Waals surface area contributed by atoms with Gasteiger partial charge in [-0.15, -0.1) is 0 Å². The molecule has 0 atom stereocenters. The minimum atomic E-state index is 0.175. The minimum Gasteiger partial charge on any atom is -0.392 e. The Hall–Kier alpha value is -0.340. The molecule has 0 aliphatic carbocycles. The van der Waals surface area contributed by atoms with Crippen LogP contribution in [-0.4, -0.2) is 24.9 Å². The van der Waals surface area contributed by atoms with Crippen LogP contribution in [0, 0.1) is 0 Å². The molecule has 1 N–H and O–H groups in total. The maximum atomic E-state index is 8.64. The second-order valence-electron chi connectivity index (χ2n) is 2.55. The highest BCUT2D eigenvalue weighted by molar-refractivity contribution is 4.97. The highest BCUT2D eigenvalue weighted by atomic mass is 16.5. The van der Waals surface area contributed by atoms with E-state index in [0.29, 0.717) is 0 Å². The molecule has 0 aromatic rings. The van der Waals surface area contributed by atoms with Crippen molar-refractivity contribution >= 4 is 0 Å². The largest absolute Gasteiger partial charge is 0.392 e. The van der Waals surface area contributed by atoms with Gasteiger partial charge in [0.15, 0.2) is 0 Å². The first-order chi connectivity index (χ1) is 5.31. The van der Waals surface area contributed by atoms with Crippen LogP contribution in [0.25, 0.3) is 0 Å². The van der Waals surface area contributed by atoms with Gasteiger partial charge in [0, 0.05) is 13.2 Å². The van der Waals surface area contributed by atoms with Crippen LogP contribution in [0.2, 0.25) is 0 Å². The summed E-state index contributed by atoms with van der Waals surface area (Å²) < 4.78 is 5.16. The van der Waals surface area contributed by atoms with Crippen molar-refractivity contribution in [1.82, 2.24) is 0 Å². The molecule has 0 saturated carbocycles. The SMILES string of the molecule is CCOCCC/C=C(\C)CO. The fourth-order valence-electron chi connectivity index (χ4n) is 0.743. The third-order valence-electron chi connectivity index (χ3n) is 1.44. The van der Waals surface area contributed by atoms with Crippen LogP contribution in [0.15, 0.2) is 11.6 Å². The van der Waals surface area contributed by atoms with Crippen LogP contribution in [0.4, 0.5) is 0 Å². The lowest BCUT2D eigenvalue weighted by atomic mass is 10.2. The summed E-state index contributed by atoms with van der Waals surface area (Å²) in [6, 6.07) is 0. The maximum absolute atomic E-state index is 8.64. The molecule has 0 aromatic heterocycles. The summed E-state index contributed by atoms with van der Waals surface area (Å²) in [4.78, 5) is 0. The lowest BCUT2D eigenvalue weighted by Crippen LogP contribution is -1.92. The predicted molar refractivity (Wildman–Crippen MR) is 46.6 cm³/mol. The normalized spacial score (nSPS) is 12.1. The van der Waals surface area contributed by atoms with Crippen molar-refractivity contribution in [3.05, 3.63) is 11.6 Å². The van der Waals surface area contributed by atoms with E-state index in [0.717, 1.165) is 31.6 Å². The first kappa shape index (κ1) is 10.7. The summed E-state index contributed by atoms with van der Waals surface area (Å²) in [6.45, 7) is 5.72. The third kappa shape index (κ3) is 7.56. The molecule has 0 unspecified atom stereocenters. The average Bonchev–Trinajstić information content (AvgIpc) is 2.04. The highest BCUT2D eigenvalue weighted by Gasteiger charge is 1.86. The van der Waals surface area contributed by atoms with E-state index in [-0.39, 0.29) is 6.61 Å². The van der Waals surface area contributed by atoms with Crippen molar-refractivity contribution in [2.75, 3.05) is 19.8 Å². The lowest BCUT2D eigenvalue weighted by Gasteiger charge is -1.98. The van der Waals surface area contributed by atoms with Crippen LogP contribution in [-0.2, 0) is 4.74 Å². The molecule has 0 aliphatic heterocycles. The number of aliphatic hydroxyl groups excluding tert-OH is 1. The molecule has 0 spiro atoms. The van der Waals surface area contributed by atoms with Crippen LogP contribution in [0.3, 0.4) is 0 Å². The second-order valence-corrected chi connectivity index (χ2v) is 2.55. The van der Waals surface area contributed by atoms with Gasteiger partial charge in [0.05, 0.1) is 6.61 Å². The molecule has 0 aromatic carbocycles. The summed E-state index contributed by atoms with van der Waals surface area (Å²) in [5.74, 6) is 0. The summed E-state index contributed by atoms with van der Waals surface area (Å²) in [5.41, 5.74) is 1.04. The first-order valence-corrected chi connectivity index (χ1v) is 4.15. The highest BCUT2D eigenvalue weighted by Crippen LogP contribution is 1.97. The van der Waals surface area contributed by atoms with Crippen LogP contribution >= 0.6 is 0 Å². The number of aliphatic hydroxyl groups is 1. The molecular formula is C9H18O2. The van der Waals surface area contributed by atoms with Gasteiger partial charge < -0.3 is 9.84 Å². The van der Waals surface area contributed by atoms with Gasteiger partial charge in [-0.25, -0.2) is 0 Å². The fraction of sp³-hybridized carbons (Fsp3) is 0.778. The van der Waals surface area contributed by atoms with Gasteiger partial charge in [-0.2, -0.15) is 0 Å². The van der Waals surface area contributed by atoms with Crippen LogP contribution in [0.1, 0.15) is 26.7 Å². The predicted octanol–water partition coefficient (Wildman–Crippen LogP) is 1.74. The average molecular weight is 158 g/mol. The molecule has 2 heteroatoms. The summed E-state index contributed by atoms with van der Waals surface area (Å²) in [6.07, 6.45) is 4.11. The Kier molecular flexibility index (Phi) is 7.52. The van der Waals surface area contributed by atoms with Crippen molar-refractivity contribution < 1.29 is 9.84 Å². The number of rotatable bonds is 6. The zero-order valence-electron chi connectivity index (χ0n) is 7.47. The quantitative estimate of drug-likeness (QED) is 0.471. The standard InChI is InChI=1S/C9H18O2/c1-3-11-7-5-4-6-9(2)8-10/h6,10H,3-5,7-8H2,1-2H3/b9-6+. The summed E-state index contributed by atoms with van der Waals surface area (Å²) in [5, 5.41) is 8.64. The van der Waals surface area contributed by atoms with Gasteiger partial charge in [-0.3, -0.25) is 0 Å². The van der Waals surface area contributed by atoms with Gasteiger partial charge in [0.25, 0.3) is 0 Å². The van der Waals surface area contributed by atoms with Gasteiger partial charge in [-0.05, 0) is 26.7 Å². The van der Waals surface area contributed by atoms with Crippen LogP contribution in [0.5, 0.6) is 0 Å². The molecule has 0 saturated heterocycles. The van der Waals surface area contributed by atoms with Gasteiger partial charge in [-0.1, -0.05) is 11.6 Å². The van der Waals surface area contributed by atoms with Crippen molar-refractivity contribution in [3.63, 3.8) is 0 Å². The smallest absolute Gasteiger partial charge is 0.0639 e. The number of hydrogen-bond donors (Lipinski definition) is 1. The molecule has 11 heavy (non-hydrogen) atoms. The number of ether oxygens (including phenoxy) is 1. The zero-order chi connectivity index (χ0) is 8.53. The van der Waals surface area contributed by atoms with E-state index in [1.165, 1.54) is 0 Å². The van der Waals surface area contributed by atoms with E-state index in [2.05, 4.69) is 6.08 Å². The molecule has 66 valence electrons. The Bertz CT molecular complexity index is 108. The topological polar surface area (TPSA) is 29.5 Å². The van der Waals surface area contributed by atoms with Gasteiger partial charge in [0.1, 0.15) is 0 Å². The molecule has 0 fully saturated rings. The van der Waals surface area contributed by atoms with E-state index in [1.807, 2.05) is 13.8 Å². The van der Waals surface area contributed by atoms with Crippen molar-refractivity contribution in [2.45, 2.75) is 26.7 Å². The van der Waals surface area contributed by atoms with E-state index in [1.54, 1.807) is 0 Å². The zero-order valence-corrected chi connectivity index (χ0v) is 7.47. The Morgan fingerprint density at radius 3 is 2.82 bits per heavy atom. The number of unbranched alkanes of at least 4 members (excludes halogenated alkanes) is 1. The number of allylic oxidation sites excluding steroid dienone is 1. The molecular weight excluding hydrogens is 140 g/mol. The van der Waals surface area contributed by atoms with Crippen molar-refractivity contribution in [1.29, 1.82) is 0 Å². The van der Waals surface area contributed by atoms with Crippen molar-refractivity contribution in [2.24, 2.45) is 0 Å². The van der Waals surface area contributed by atoms with Gasteiger partial charge >= 0.3 is 0 Å². The molecule has 0 aliphatic rings. The molecule has 0 rings (SSSR count). The van der Waals surface area contributed by atoms with Gasteiger partial charge in [0.2, 0.25) is 0 Å². The van der Waals surface area contributed by atoms with Crippen molar-refractivity contribution in [3.8, 4) is 0 Å². The minimum absolute atomic E-state index is 0.175. The summed E-state index contributed by atoms with van der Waals surface area (Å²) in [7, 11) is 0. The molecule has 2 nitrogen and oxygen atoms in total.